The largest absolute Gasteiger partial charge is 0.384 e. The van der Waals surface area contributed by atoms with E-state index in [9.17, 15) is 0 Å². The third kappa shape index (κ3) is 2.25. The smallest absolute Gasteiger partial charge is 0.148 e. The van der Waals surface area contributed by atoms with Crippen LogP contribution in [0, 0.1) is 5.41 Å². The number of aromatic nitrogens is 1. The van der Waals surface area contributed by atoms with Gasteiger partial charge in [-0.1, -0.05) is 11.6 Å². The van der Waals surface area contributed by atoms with Crippen molar-refractivity contribution in [3.8, 4) is 0 Å². The van der Waals surface area contributed by atoms with Gasteiger partial charge in [0, 0.05) is 36.4 Å². The molecule has 0 radical (unpaired) electrons. The predicted molar refractivity (Wildman–Crippen MR) is 69.8 cm³/mol. The zero-order valence-corrected chi connectivity index (χ0v) is 10.3. The first-order valence-corrected chi connectivity index (χ1v) is 6.55. The van der Waals surface area contributed by atoms with Gasteiger partial charge in [-0.15, -0.1) is 0 Å². The van der Waals surface area contributed by atoms with E-state index < -0.39 is 0 Å². The summed E-state index contributed by atoms with van der Waals surface area (Å²) in [4.78, 5) is 6.42. The fraction of sp³-hybridized carbons (Fsp3) is 0.400. The molecule has 1 aliphatic heterocycles. The van der Waals surface area contributed by atoms with Crippen LogP contribution >= 0.6 is 23.4 Å². The van der Waals surface area contributed by atoms with Crippen LogP contribution in [0.15, 0.2) is 12.3 Å². The number of nitrogens with one attached hydrogen (secondary N) is 1. The molecule has 1 aromatic heterocycles. The second kappa shape index (κ2) is 4.93. The summed E-state index contributed by atoms with van der Waals surface area (Å²) in [6, 6.07) is 1.67. The van der Waals surface area contributed by atoms with Crippen LogP contribution in [0.1, 0.15) is 5.56 Å². The van der Waals surface area contributed by atoms with E-state index in [1.165, 1.54) is 0 Å². The average Bonchev–Trinajstić information content (AvgIpc) is 2.30. The van der Waals surface area contributed by atoms with Crippen LogP contribution in [-0.2, 0) is 0 Å². The van der Waals surface area contributed by atoms with E-state index in [1.54, 1.807) is 12.3 Å². The Bertz CT molecular complexity index is 404. The Kier molecular flexibility index (Phi) is 3.56. The molecule has 0 bridgehead atoms. The lowest BCUT2D eigenvalue weighted by molar-refractivity contribution is 0.839. The van der Waals surface area contributed by atoms with Crippen molar-refractivity contribution in [1.82, 2.24) is 4.98 Å². The van der Waals surface area contributed by atoms with Crippen LogP contribution in [0.2, 0.25) is 5.02 Å². The number of anilines is 1. The minimum Gasteiger partial charge on any atom is -0.384 e. The normalized spacial score (nSPS) is 16.2. The van der Waals surface area contributed by atoms with Crippen LogP contribution in [-0.4, -0.2) is 35.4 Å². The summed E-state index contributed by atoms with van der Waals surface area (Å²) >= 11 is 8.14. The number of amidine groups is 1. The van der Waals surface area contributed by atoms with E-state index in [2.05, 4.69) is 9.88 Å². The van der Waals surface area contributed by atoms with E-state index in [0.717, 1.165) is 30.4 Å². The highest BCUT2D eigenvalue weighted by Crippen LogP contribution is 2.28. The van der Waals surface area contributed by atoms with E-state index in [1.807, 2.05) is 11.8 Å². The number of nitrogen functional groups attached to an aromatic ring is 1. The van der Waals surface area contributed by atoms with Crippen LogP contribution in [0.25, 0.3) is 0 Å². The second-order valence-corrected chi connectivity index (χ2v) is 5.11. The Morgan fingerprint density at radius 3 is 2.81 bits per heavy atom. The minimum absolute atomic E-state index is 0.0139. The fourth-order valence-corrected chi connectivity index (χ4v) is 2.87. The molecule has 16 heavy (non-hydrogen) atoms. The molecule has 0 spiro atoms. The summed E-state index contributed by atoms with van der Waals surface area (Å²) in [6.45, 7) is 1.89. The van der Waals surface area contributed by atoms with Crippen LogP contribution in [0.4, 0.5) is 5.82 Å². The first-order valence-electron chi connectivity index (χ1n) is 5.01. The van der Waals surface area contributed by atoms with E-state index >= 15 is 0 Å². The highest BCUT2D eigenvalue weighted by atomic mass is 35.5. The van der Waals surface area contributed by atoms with Crippen molar-refractivity contribution in [2.45, 2.75) is 0 Å². The molecule has 0 aliphatic carbocycles. The van der Waals surface area contributed by atoms with Crippen molar-refractivity contribution in [2.24, 2.45) is 5.73 Å². The summed E-state index contributed by atoms with van der Waals surface area (Å²) in [6.07, 6.45) is 1.65. The maximum atomic E-state index is 7.43. The van der Waals surface area contributed by atoms with Gasteiger partial charge in [0.1, 0.15) is 11.7 Å². The molecule has 6 heteroatoms. The van der Waals surface area contributed by atoms with E-state index in [0.29, 0.717) is 10.6 Å². The van der Waals surface area contributed by atoms with Gasteiger partial charge in [-0.3, -0.25) is 5.41 Å². The molecule has 0 aromatic carbocycles. The van der Waals surface area contributed by atoms with Gasteiger partial charge >= 0.3 is 0 Å². The Morgan fingerprint density at radius 2 is 2.19 bits per heavy atom. The maximum absolute atomic E-state index is 7.43. The Balaban J connectivity index is 2.33. The number of nitrogens with zero attached hydrogens (tertiary/aromatic N) is 2. The number of nitrogens with two attached hydrogens (primary N) is 1. The van der Waals surface area contributed by atoms with Crippen LogP contribution < -0.4 is 10.6 Å². The molecule has 2 heterocycles. The minimum atomic E-state index is -0.0139. The molecule has 4 nitrogen and oxygen atoms in total. The molecule has 0 saturated carbocycles. The number of rotatable bonds is 2. The van der Waals surface area contributed by atoms with E-state index in [4.69, 9.17) is 22.7 Å². The average molecular weight is 257 g/mol. The van der Waals surface area contributed by atoms with Gasteiger partial charge < -0.3 is 10.6 Å². The Hall–Kier alpha value is -0.940. The van der Waals surface area contributed by atoms with Crippen molar-refractivity contribution in [1.29, 1.82) is 5.41 Å². The standard InChI is InChI=1S/C10H13ClN4S/c11-8-7(9(12)13)1-2-14-10(8)15-3-5-16-6-4-15/h1-2H,3-6H2,(H3,12,13). The summed E-state index contributed by atoms with van der Waals surface area (Å²) in [5.74, 6) is 2.90. The van der Waals surface area contributed by atoms with Crippen molar-refractivity contribution >= 4 is 35.0 Å². The predicted octanol–water partition coefficient (Wildman–Crippen LogP) is 1.57. The van der Waals surface area contributed by atoms with Gasteiger partial charge in [-0.05, 0) is 6.07 Å². The zero-order chi connectivity index (χ0) is 11.5. The fourth-order valence-electron chi connectivity index (χ4n) is 1.64. The number of thioether (sulfide) groups is 1. The third-order valence-corrected chi connectivity index (χ3v) is 3.79. The van der Waals surface area contributed by atoms with Crippen LogP contribution in [0.3, 0.4) is 0 Å². The molecule has 0 unspecified atom stereocenters. The molecule has 2 rings (SSSR count). The molecular formula is C10H13ClN4S. The molecule has 0 amide bonds. The van der Waals surface area contributed by atoms with Crippen molar-refractivity contribution in [3.63, 3.8) is 0 Å². The first-order chi connectivity index (χ1) is 7.70. The van der Waals surface area contributed by atoms with Crippen molar-refractivity contribution < 1.29 is 0 Å². The lowest BCUT2D eigenvalue weighted by atomic mass is 10.2. The van der Waals surface area contributed by atoms with E-state index in [-0.39, 0.29) is 5.84 Å². The zero-order valence-electron chi connectivity index (χ0n) is 8.74. The molecule has 1 aromatic rings. The number of hydrogen-bond acceptors (Lipinski definition) is 4. The SMILES string of the molecule is N=C(N)c1ccnc(N2CCSCC2)c1Cl. The topological polar surface area (TPSA) is 66.0 Å². The van der Waals surface area contributed by atoms with Gasteiger partial charge in [-0.2, -0.15) is 11.8 Å². The first kappa shape index (κ1) is 11.5. The Labute approximate surface area is 104 Å². The quantitative estimate of drug-likeness (QED) is 0.623. The molecule has 1 saturated heterocycles. The number of hydrogen-bond donors (Lipinski definition) is 2. The van der Waals surface area contributed by atoms with Crippen LogP contribution in [0.5, 0.6) is 0 Å². The van der Waals surface area contributed by atoms with Gasteiger partial charge in [0.25, 0.3) is 0 Å². The number of halogens is 1. The Morgan fingerprint density at radius 1 is 1.50 bits per heavy atom. The molecule has 0 atom stereocenters. The summed E-state index contributed by atoms with van der Waals surface area (Å²) in [7, 11) is 0. The van der Waals surface area contributed by atoms with Gasteiger partial charge in [0.2, 0.25) is 0 Å². The van der Waals surface area contributed by atoms with Gasteiger partial charge in [0.15, 0.2) is 0 Å². The molecule has 1 fully saturated rings. The van der Waals surface area contributed by atoms with Gasteiger partial charge in [-0.25, -0.2) is 4.98 Å². The molecular weight excluding hydrogens is 244 g/mol. The van der Waals surface area contributed by atoms with Crippen molar-refractivity contribution in [2.75, 3.05) is 29.5 Å². The molecule has 3 N–H and O–H groups in total. The third-order valence-electron chi connectivity index (χ3n) is 2.47. The highest BCUT2D eigenvalue weighted by Gasteiger charge is 2.17. The monoisotopic (exact) mass is 256 g/mol. The van der Waals surface area contributed by atoms with Gasteiger partial charge in [0.05, 0.1) is 5.02 Å². The molecule has 1 aliphatic rings. The highest BCUT2D eigenvalue weighted by molar-refractivity contribution is 7.99. The maximum Gasteiger partial charge on any atom is 0.148 e. The number of pyridine rings is 1. The van der Waals surface area contributed by atoms with Crippen molar-refractivity contribution in [3.05, 3.63) is 22.8 Å². The molecule has 86 valence electrons. The lowest BCUT2D eigenvalue weighted by Gasteiger charge is -2.28. The second-order valence-electron chi connectivity index (χ2n) is 3.51. The summed E-state index contributed by atoms with van der Waals surface area (Å²) in [5.41, 5.74) is 6.02. The summed E-state index contributed by atoms with van der Waals surface area (Å²) in [5, 5.41) is 7.92. The summed E-state index contributed by atoms with van der Waals surface area (Å²) < 4.78 is 0. The lowest BCUT2D eigenvalue weighted by Crippen LogP contribution is -2.33.